The summed E-state index contributed by atoms with van der Waals surface area (Å²) in [6.07, 6.45) is 3.53. The summed E-state index contributed by atoms with van der Waals surface area (Å²) in [5.41, 5.74) is 5.86. The van der Waals surface area contributed by atoms with E-state index in [4.69, 9.17) is 9.57 Å². The van der Waals surface area contributed by atoms with Crippen molar-refractivity contribution in [2.45, 2.75) is 39.7 Å². The van der Waals surface area contributed by atoms with Crippen LogP contribution in [0.25, 0.3) is 0 Å². The lowest BCUT2D eigenvalue weighted by Crippen LogP contribution is -2.44. The summed E-state index contributed by atoms with van der Waals surface area (Å²) in [6.45, 7) is 6.91. The third-order valence-corrected chi connectivity index (χ3v) is 5.40. The van der Waals surface area contributed by atoms with Gasteiger partial charge in [-0.1, -0.05) is 48.0 Å². The summed E-state index contributed by atoms with van der Waals surface area (Å²) in [5, 5.41) is 12.2. The maximum Gasteiger partial charge on any atom is 0.195 e. The van der Waals surface area contributed by atoms with Crippen LogP contribution in [0.15, 0.2) is 53.8 Å². The van der Waals surface area contributed by atoms with Crippen LogP contribution >= 0.6 is 0 Å². The fourth-order valence-electron chi connectivity index (χ4n) is 3.73. The smallest absolute Gasteiger partial charge is 0.195 e. The molecule has 1 aromatic heterocycles. The van der Waals surface area contributed by atoms with Crippen LogP contribution in [0.4, 0.5) is 0 Å². The molecule has 1 unspecified atom stereocenters. The van der Waals surface area contributed by atoms with E-state index in [0.29, 0.717) is 18.2 Å². The van der Waals surface area contributed by atoms with E-state index < -0.39 is 0 Å². The van der Waals surface area contributed by atoms with Crippen molar-refractivity contribution in [3.8, 4) is 11.5 Å². The first-order valence-electron chi connectivity index (χ1n) is 10.3. The van der Waals surface area contributed by atoms with Gasteiger partial charge < -0.3 is 14.9 Å². The molecule has 156 valence electrons. The highest BCUT2D eigenvalue weighted by Crippen LogP contribution is 2.27. The van der Waals surface area contributed by atoms with Gasteiger partial charge in [0.05, 0.1) is 12.2 Å². The molecule has 4 rings (SSSR count). The zero-order valence-electron chi connectivity index (χ0n) is 18.0. The van der Waals surface area contributed by atoms with Crippen LogP contribution in [0, 0.1) is 13.8 Å². The Morgan fingerprint density at radius 1 is 1.20 bits per heavy atom. The van der Waals surface area contributed by atoms with E-state index in [1.807, 2.05) is 25.2 Å². The van der Waals surface area contributed by atoms with Gasteiger partial charge in [0.25, 0.3) is 0 Å². The topological polar surface area (TPSA) is 60.7 Å². The van der Waals surface area contributed by atoms with E-state index in [1.165, 1.54) is 22.3 Å². The summed E-state index contributed by atoms with van der Waals surface area (Å²) < 4.78 is 7.91. The first kappa shape index (κ1) is 20.0. The van der Waals surface area contributed by atoms with Crippen LogP contribution in [0.2, 0.25) is 0 Å². The highest BCUT2D eigenvalue weighted by molar-refractivity contribution is 5.99. The molecule has 2 heterocycles. The fraction of sp³-hybridized carbons (Fsp3) is 0.333. The van der Waals surface area contributed by atoms with Crippen molar-refractivity contribution in [3.63, 3.8) is 0 Å². The monoisotopic (exact) mass is 404 g/mol. The third kappa shape index (κ3) is 4.32. The van der Waals surface area contributed by atoms with Crippen LogP contribution in [0.5, 0.6) is 11.5 Å². The van der Waals surface area contributed by atoms with Gasteiger partial charge in [-0.2, -0.15) is 5.10 Å². The largest absolute Gasteiger partial charge is 0.453 e. The molecule has 6 heteroatoms. The molecule has 30 heavy (non-hydrogen) atoms. The molecule has 1 atom stereocenters. The second kappa shape index (κ2) is 8.61. The molecule has 0 amide bonds. The summed E-state index contributed by atoms with van der Waals surface area (Å²) in [5.74, 6) is 2.07. The lowest BCUT2D eigenvalue weighted by Gasteiger charge is -2.25. The van der Waals surface area contributed by atoms with Crippen molar-refractivity contribution in [2.75, 3.05) is 6.61 Å². The van der Waals surface area contributed by atoms with Crippen molar-refractivity contribution in [2.24, 2.45) is 12.2 Å². The van der Waals surface area contributed by atoms with Gasteiger partial charge in [-0.25, -0.2) is 0 Å². The summed E-state index contributed by atoms with van der Waals surface area (Å²) >= 11 is 0. The molecule has 1 aliphatic rings. The fourth-order valence-corrected chi connectivity index (χ4v) is 3.73. The van der Waals surface area contributed by atoms with Gasteiger partial charge in [0, 0.05) is 7.05 Å². The van der Waals surface area contributed by atoms with E-state index in [2.05, 4.69) is 60.6 Å². The first-order chi connectivity index (χ1) is 14.5. The zero-order chi connectivity index (χ0) is 21.1. The number of hydrogen-bond donors (Lipinski definition) is 1. The molecule has 0 bridgehead atoms. The molecule has 0 radical (unpaired) electrons. The molecule has 0 fully saturated rings. The van der Waals surface area contributed by atoms with Gasteiger partial charge in [-0.3, -0.25) is 4.68 Å². The number of rotatable bonds is 6. The average molecular weight is 405 g/mol. The third-order valence-electron chi connectivity index (χ3n) is 5.40. The Morgan fingerprint density at radius 3 is 2.87 bits per heavy atom. The Balaban J connectivity index is 1.53. The van der Waals surface area contributed by atoms with Crippen LogP contribution < -0.4 is 10.1 Å². The van der Waals surface area contributed by atoms with Crippen LogP contribution in [0.1, 0.15) is 34.9 Å². The second-order valence-corrected chi connectivity index (χ2v) is 7.80. The number of oxime groups is 1. The minimum atomic E-state index is 0.116. The van der Waals surface area contributed by atoms with E-state index in [0.717, 1.165) is 24.3 Å². The van der Waals surface area contributed by atoms with Gasteiger partial charge in [-0.05, 0) is 55.5 Å². The molecule has 1 aliphatic heterocycles. The van der Waals surface area contributed by atoms with Crippen LogP contribution in [-0.2, 0) is 24.7 Å². The molecule has 6 nitrogen and oxygen atoms in total. The van der Waals surface area contributed by atoms with Crippen molar-refractivity contribution < 1.29 is 9.57 Å². The molecule has 0 spiro atoms. The first-order valence-corrected chi connectivity index (χ1v) is 10.3. The van der Waals surface area contributed by atoms with E-state index in [9.17, 15) is 0 Å². The van der Waals surface area contributed by atoms with Gasteiger partial charge >= 0.3 is 0 Å². The number of benzene rings is 2. The Bertz CT molecular complexity index is 1070. The molecular weight excluding hydrogens is 376 g/mol. The SMILES string of the molecule is CCc1cccc(Oc2cnn(C)c2C2=NOCC(Cc3ccc(C)cc3C)N2)c1. The highest BCUT2D eigenvalue weighted by Gasteiger charge is 2.25. The number of aryl methyl sites for hydroxylation is 4. The maximum absolute atomic E-state index is 6.15. The highest BCUT2D eigenvalue weighted by atomic mass is 16.6. The lowest BCUT2D eigenvalue weighted by atomic mass is 9.99. The van der Waals surface area contributed by atoms with Gasteiger partial charge in [-0.15, -0.1) is 0 Å². The van der Waals surface area contributed by atoms with Crippen molar-refractivity contribution in [3.05, 3.63) is 76.6 Å². The summed E-state index contributed by atoms with van der Waals surface area (Å²) in [7, 11) is 1.88. The predicted molar refractivity (Wildman–Crippen MR) is 118 cm³/mol. The standard InChI is InChI=1S/C24H28N4O2/c1-5-18-7-6-8-21(12-18)30-22-14-25-28(4)23(22)24-26-20(15-29-27-24)13-19-10-9-16(2)11-17(19)3/h6-12,14,20H,5,13,15H2,1-4H3,(H,26,27). The van der Waals surface area contributed by atoms with Crippen molar-refractivity contribution in [1.82, 2.24) is 15.1 Å². The van der Waals surface area contributed by atoms with Crippen molar-refractivity contribution >= 4 is 5.84 Å². The zero-order valence-corrected chi connectivity index (χ0v) is 18.0. The second-order valence-electron chi connectivity index (χ2n) is 7.80. The number of ether oxygens (including phenoxy) is 1. The number of nitrogens with one attached hydrogen (secondary N) is 1. The molecule has 1 N–H and O–H groups in total. The molecule has 0 saturated heterocycles. The number of aromatic nitrogens is 2. The Hall–Kier alpha value is -3.28. The van der Waals surface area contributed by atoms with Gasteiger partial charge in [0.2, 0.25) is 0 Å². The minimum Gasteiger partial charge on any atom is -0.453 e. The number of amidine groups is 1. The van der Waals surface area contributed by atoms with Crippen molar-refractivity contribution in [1.29, 1.82) is 0 Å². The normalized spacial score (nSPS) is 15.9. The average Bonchev–Trinajstić information content (AvgIpc) is 3.10. The molecule has 2 aromatic carbocycles. The van der Waals surface area contributed by atoms with Gasteiger partial charge in [0.15, 0.2) is 11.6 Å². The molecule has 0 aliphatic carbocycles. The molecule has 3 aromatic rings. The lowest BCUT2D eigenvalue weighted by molar-refractivity contribution is 0.109. The van der Waals surface area contributed by atoms with E-state index >= 15 is 0 Å². The maximum atomic E-state index is 6.15. The van der Waals surface area contributed by atoms with E-state index in [1.54, 1.807) is 10.9 Å². The summed E-state index contributed by atoms with van der Waals surface area (Å²) in [6, 6.07) is 14.8. The Kier molecular flexibility index (Phi) is 5.74. The number of hydrogen-bond acceptors (Lipinski definition) is 5. The predicted octanol–water partition coefficient (Wildman–Crippen LogP) is 4.28. The Labute approximate surface area is 177 Å². The number of nitrogens with zero attached hydrogens (tertiary/aromatic N) is 3. The minimum absolute atomic E-state index is 0.116. The van der Waals surface area contributed by atoms with E-state index in [-0.39, 0.29) is 6.04 Å². The van der Waals surface area contributed by atoms with Crippen LogP contribution in [-0.4, -0.2) is 28.3 Å². The quantitative estimate of drug-likeness (QED) is 0.666. The van der Waals surface area contributed by atoms with Crippen LogP contribution in [0.3, 0.4) is 0 Å². The molecule has 0 saturated carbocycles. The molecular formula is C24H28N4O2. The summed E-state index contributed by atoms with van der Waals surface area (Å²) in [4.78, 5) is 5.58. The Morgan fingerprint density at radius 2 is 2.07 bits per heavy atom. The van der Waals surface area contributed by atoms with Gasteiger partial charge in [0.1, 0.15) is 18.1 Å².